The minimum Gasteiger partial charge on any atom is -0.378 e. The maximum absolute atomic E-state index is 13.8. The number of rotatable bonds is 8. The number of carbonyl (C=O) groups is 2. The zero-order chi connectivity index (χ0) is 34.4. The topological polar surface area (TPSA) is 97.1 Å². The van der Waals surface area contributed by atoms with Gasteiger partial charge in [0.25, 0.3) is 5.91 Å². The number of hydrogen-bond acceptors (Lipinski definition) is 6. The summed E-state index contributed by atoms with van der Waals surface area (Å²) in [4.78, 5) is 30.6. The summed E-state index contributed by atoms with van der Waals surface area (Å²) < 4.78 is 17.8. The molecule has 11 heteroatoms. The van der Waals surface area contributed by atoms with Gasteiger partial charge in [0, 0.05) is 53.5 Å². The lowest BCUT2D eigenvalue weighted by Crippen LogP contribution is -2.51. The van der Waals surface area contributed by atoms with Crippen LogP contribution in [-0.4, -0.2) is 71.4 Å². The normalized spacial score (nSPS) is 23.3. The predicted molar refractivity (Wildman–Crippen MR) is 193 cm³/mol. The molecule has 4 heterocycles. The first-order valence-electron chi connectivity index (χ1n) is 17.5. The number of nitrogens with one attached hydrogen (secondary N) is 1. The highest BCUT2D eigenvalue weighted by Gasteiger charge is 2.48. The van der Waals surface area contributed by atoms with Gasteiger partial charge in [0.2, 0.25) is 0 Å². The van der Waals surface area contributed by atoms with Crippen LogP contribution in [0.1, 0.15) is 66.6 Å². The Kier molecular flexibility index (Phi) is 9.33. The zero-order valence-electron chi connectivity index (χ0n) is 27.9. The Bertz CT molecular complexity index is 1870. The Hall–Kier alpha value is -3.89. The SMILES string of the molecule is C[C@@H]1CC2C[C@H](OCc3c(-c4c(Cl)cccc4Cl)noc3C3CC3)CC1N2C(=O)Nc1cccc(-c2ccc(C(=O)N3CCOCC3)cc2)c1. The van der Waals surface area contributed by atoms with Crippen molar-refractivity contribution in [1.82, 2.24) is 15.0 Å². The summed E-state index contributed by atoms with van der Waals surface area (Å²) in [5, 5.41) is 8.64. The van der Waals surface area contributed by atoms with Crippen molar-refractivity contribution in [1.29, 1.82) is 0 Å². The van der Waals surface area contributed by atoms with Crippen molar-refractivity contribution >= 4 is 40.8 Å². The third kappa shape index (κ3) is 6.64. The fourth-order valence-electron chi connectivity index (χ4n) is 7.89. The number of nitrogens with zero attached hydrogens (tertiary/aromatic N) is 3. The quantitative estimate of drug-likeness (QED) is 0.196. The molecule has 50 heavy (non-hydrogen) atoms. The average molecular weight is 716 g/mol. The standard InChI is InChI=1S/C39H40Cl2N4O5/c1-23-18-29-20-30(49-22-31-36(43-50-37(31)25-10-11-25)35-32(40)6-3-7-33(35)41)21-34(23)45(29)39(47)42-28-5-2-4-27(19-28)24-8-12-26(13-9-24)38(46)44-14-16-48-17-15-44/h2-9,12-13,19,23,25,29-30,34H,10-11,14-18,20-22H2,1H3,(H,42,47)/t23-,29?,30+,34?/m1/s1. The van der Waals surface area contributed by atoms with Crippen molar-refractivity contribution in [2.45, 2.75) is 69.7 Å². The summed E-state index contributed by atoms with van der Waals surface area (Å²) >= 11 is 13.1. The molecule has 1 aromatic heterocycles. The molecular weight excluding hydrogens is 675 g/mol. The molecular formula is C39H40Cl2N4O5. The van der Waals surface area contributed by atoms with Gasteiger partial charge in [-0.2, -0.15) is 0 Å². The molecule has 3 amide bonds. The van der Waals surface area contributed by atoms with E-state index in [1.165, 1.54) is 0 Å². The highest BCUT2D eigenvalue weighted by atomic mass is 35.5. The van der Waals surface area contributed by atoms with E-state index in [9.17, 15) is 9.59 Å². The van der Waals surface area contributed by atoms with Crippen LogP contribution >= 0.6 is 23.2 Å². The van der Waals surface area contributed by atoms with Crippen LogP contribution in [0.5, 0.6) is 0 Å². The van der Waals surface area contributed by atoms with Gasteiger partial charge in [0.15, 0.2) is 0 Å². The van der Waals surface area contributed by atoms with Crippen molar-refractivity contribution in [3.8, 4) is 22.4 Å². The highest BCUT2D eigenvalue weighted by molar-refractivity contribution is 6.39. The van der Waals surface area contributed by atoms with Crippen LogP contribution in [0.4, 0.5) is 10.5 Å². The lowest BCUT2D eigenvalue weighted by Gasteiger charge is -2.39. The Morgan fingerprint density at radius 1 is 0.940 bits per heavy atom. The fraction of sp³-hybridized carbons (Fsp3) is 0.410. The van der Waals surface area contributed by atoms with E-state index >= 15 is 0 Å². The van der Waals surface area contributed by atoms with Gasteiger partial charge in [-0.05, 0) is 85.5 Å². The predicted octanol–water partition coefficient (Wildman–Crippen LogP) is 8.66. The van der Waals surface area contributed by atoms with Crippen molar-refractivity contribution in [2.75, 3.05) is 31.6 Å². The van der Waals surface area contributed by atoms with Gasteiger partial charge in [-0.25, -0.2) is 4.79 Å². The van der Waals surface area contributed by atoms with Gasteiger partial charge < -0.3 is 29.1 Å². The van der Waals surface area contributed by atoms with Gasteiger partial charge in [0.05, 0.1) is 36.0 Å². The van der Waals surface area contributed by atoms with Crippen LogP contribution in [0, 0.1) is 5.92 Å². The van der Waals surface area contributed by atoms with Crippen LogP contribution in [0.3, 0.4) is 0 Å². The van der Waals surface area contributed by atoms with E-state index in [4.69, 9.17) is 37.2 Å². The Balaban J connectivity index is 0.923. The summed E-state index contributed by atoms with van der Waals surface area (Å²) in [6.45, 7) is 4.94. The molecule has 2 bridgehead atoms. The highest BCUT2D eigenvalue weighted by Crippen LogP contribution is 2.47. The largest absolute Gasteiger partial charge is 0.378 e. The first-order valence-corrected chi connectivity index (χ1v) is 18.3. The van der Waals surface area contributed by atoms with Crippen LogP contribution < -0.4 is 5.32 Å². The second kappa shape index (κ2) is 14.0. The van der Waals surface area contributed by atoms with E-state index in [2.05, 4.69) is 17.4 Å². The third-order valence-corrected chi connectivity index (χ3v) is 11.3. The number of benzene rings is 3. The number of fused-ring (bicyclic) bond motifs is 2. The molecule has 4 aliphatic rings. The molecule has 1 saturated carbocycles. The molecule has 0 spiro atoms. The Morgan fingerprint density at radius 3 is 2.40 bits per heavy atom. The van der Waals surface area contributed by atoms with E-state index < -0.39 is 0 Å². The first kappa shape index (κ1) is 33.3. The summed E-state index contributed by atoms with van der Waals surface area (Å²) in [7, 11) is 0. The van der Waals surface area contributed by atoms with E-state index in [1.807, 2.05) is 76.5 Å². The number of amides is 3. The third-order valence-electron chi connectivity index (χ3n) is 10.6. The molecule has 9 nitrogen and oxygen atoms in total. The van der Waals surface area contributed by atoms with E-state index in [-0.39, 0.29) is 30.1 Å². The maximum Gasteiger partial charge on any atom is 0.322 e. The molecule has 260 valence electrons. The zero-order valence-corrected chi connectivity index (χ0v) is 29.5. The molecule has 3 aliphatic heterocycles. The monoisotopic (exact) mass is 714 g/mol. The number of morpholine rings is 1. The summed E-state index contributed by atoms with van der Waals surface area (Å²) in [6, 6.07) is 21.0. The minimum atomic E-state index is -0.0860. The van der Waals surface area contributed by atoms with E-state index in [0.29, 0.717) is 71.6 Å². The minimum absolute atomic E-state index is 0.00283. The Labute approximate surface area is 301 Å². The number of carbonyl (C=O) groups excluding carboxylic acids is 2. The van der Waals surface area contributed by atoms with Crippen LogP contribution in [0.15, 0.2) is 71.3 Å². The maximum atomic E-state index is 13.8. The number of piperidine rings is 1. The molecule has 4 aromatic rings. The lowest BCUT2D eigenvalue weighted by molar-refractivity contribution is -0.0181. The van der Waals surface area contributed by atoms with Gasteiger partial charge in [-0.15, -0.1) is 0 Å². The molecule has 0 radical (unpaired) electrons. The summed E-state index contributed by atoms with van der Waals surface area (Å²) in [5.41, 5.74) is 5.57. The van der Waals surface area contributed by atoms with Crippen molar-refractivity contribution < 1.29 is 23.6 Å². The lowest BCUT2D eigenvalue weighted by atomic mass is 9.97. The first-order chi connectivity index (χ1) is 24.3. The fourth-order valence-corrected chi connectivity index (χ4v) is 8.47. The molecule has 4 fully saturated rings. The van der Waals surface area contributed by atoms with E-state index in [0.717, 1.165) is 60.2 Å². The number of anilines is 1. The van der Waals surface area contributed by atoms with Crippen LogP contribution in [0.2, 0.25) is 10.0 Å². The number of ether oxygens (including phenoxy) is 2. The second-order valence-electron chi connectivity index (χ2n) is 14.0. The smallest absolute Gasteiger partial charge is 0.322 e. The van der Waals surface area contributed by atoms with Gasteiger partial charge in [-0.1, -0.05) is 65.6 Å². The molecule has 8 rings (SSSR count). The molecule has 4 atom stereocenters. The average Bonchev–Trinajstić information content (AvgIpc) is 3.85. The Morgan fingerprint density at radius 2 is 1.68 bits per heavy atom. The number of halogens is 2. The van der Waals surface area contributed by atoms with Crippen LogP contribution in [0.25, 0.3) is 22.4 Å². The van der Waals surface area contributed by atoms with Crippen LogP contribution in [-0.2, 0) is 16.1 Å². The second-order valence-corrected chi connectivity index (χ2v) is 14.8. The number of hydrogen-bond donors (Lipinski definition) is 1. The molecule has 3 saturated heterocycles. The summed E-state index contributed by atoms with van der Waals surface area (Å²) in [6.07, 6.45) is 4.59. The molecule has 1 aliphatic carbocycles. The molecule has 3 aromatic carbocycles. The molecule has 1 N–H and O–H groups in total. The van der Waals surface area contributed by atoms with Crippen molar-refractivity contribution in [3.05, 3.63) is 93.7 Å². The van der Waals surface area contributed by atoms with Gasteiger partial charge in [-0.3, -0.25) is 4.79 Å². The van der Waals surface area contributed by atoms with Crippen molar-refractivity contribution in [2.24, 2.45) is 5.92 Å². The number of urea groups is 1. The van der Waals surface area contributed by atoms with E-state index in [1.54, 1.807) is 0 Å². The van der Waals surface area contributed by atoms with Crippen molar-refractivity contribution in [3.63, 3.8) is 0 Å². The summed E-state index contributed by atoms with van der Waals surface area (Å²) in [5.74, 6) is 1.59. The van der Waals surface area contributed by atoms with Gasteiger partial charge in [0.1, 0.15) is 11.5 Å². The van der Waals surface area contributed by atoms with Gasteiger partial charge >= 0.3 is 6.03 Å². The number of aromatic nitrogens is 1. The molecule has 2 unspecified atom stereocenters.